The number of nitrogens with one attached hydrogen (secondary N) is 1. The fourth-order valence-electron chi connectivity index (χ4n) is 5.77. The molecule has 1 aromatic carbocycles. The zero-order chi connectivity index (χ0) is 26.5. The lowest BCUT2D eigenvalue weighted by molar-refractivity contribution is -0.142. The van der Waals surface area contributed by atoms with Crippen LogP contribution in [0.4, 0.5) is 10.6 Å². The summed E-state index contributed by atoms with van der Waals surface area (Å²) in [5, 5.41) is 4.88. The molecule has 2 fully saturated rings. The molecule has 1 aliphatic carbocycles. The fraction of sp³-hybridized carbons (Fsp3) is 0.571. The van der Waals surface area contributed by atoms with Crippen LogP contribution in [-0.4, -0.2) is 77.3 Å². The summed E-state index contributed by atoms with van der Waals surface area (Å²) in [6, 6.07) is 6.45. The van der Waals surface area contributed by atoms with Crippen LogP contribution >= 0.6 is 0 Å². The second-order valence-electron chi connectivity index (χ2n) is 10.7. The van der Waals surface area contributed by atoms with Gasteiger partial charge in [0.1, 0.15) is 17.9 Å². The summed E-state index contributed by atoms with van der Waals surface area (Å²) < 4.78 is 0. The first-order valence-corrected chi connectivity index (χ1v) is 13.4. The number of nitrogens with two attached hydrogens (primary N) is 1. The van der Waals surface area contributed by atoms with E-state index in [2.05, 4.69) is 10.3 Å². The van der Waals surface area contributed by atoms with E-state index in [-0.39, 0.29) is 17.8 Å². The maximum Gasteiger partial charge on any atom is 0.319 e. The number of nitrogens with zero attached hydrogens (tertiary/aromatic N) is 4. The third-order valence-electron chi connectivity index (χ3n) is 7.88. The first-order valence-electron chi connectivity index (χ1n) is 13.4. The Kier molecular flexibility index (Phi) is 8.51. The number of anilines is 1. The third kappa shape index (κ3) is 6.14. The Hall–Kier alpha value is -3.36. The number of benzene rings is 1. The number of fused-ring (bicyclic) bond motifs is 1. The molecule has 3 N–H and O–H groups in total. The standard InChI is InChI=1S/C28H40N6O3/c1-32(2)28(37)33(3)24(17-19-8-5-4-6-9-19)27(36)34-15-7-10-23(34)26(35)31-18-20-11-12-22-21(16-20)13-14-30-25(22)29/h11-14,16,19,23-24H,4-10,15,17-18H2,1-3H3,(H2,29,30)(H,31,35). The van der Waals surface area contributed by atoms with Crippen molar-refractivity contribution in [2.24, 2.45) is 5.92 Å². The molecular weight excluding hydrogens is 468 g/mol. The molecule has 2 heterocycles. The Morgan fingerprint density at radius 1 is 1.08 bits per heavy atom. The molecule has 1 saturated carbocycles. The van der Waals surface area contributed by atoms with Crippen LogP contribution in [0.5, 0.6) is 0 Å². The average molecular weight is 509 g/mol. The molecule has 1 aromatic heterocycles. The number of carbonyl (C=O) groups is 3. The number of pyridine rings is 1. The minimum atomic E-state index is -0.564. The second kappa shape index (κ2) is 11.8. The predicted octanol–water partition coefficient (Wildman–Crippen LogP) is 3.38. The van der Waals surface area contributed by atoms with Gasteiger partial charge in [0.05, 0.1) is 0 Å². The summed E-state index contributed by atoms with van der Waals surface area (Å²) in [7, 11) is 5.11. The van der Waals surface area contributed by atoms with Gasteiger partial charge >= 0.3 is 6.03 Å². The van der Waals surface area contributed by atoms with E-state index in [9.17, 15) is 14.4 Å². The molecule has 1 aliphatic heterocycles. The Balaban J connectivity index is 1.45. The predicted molar refractivity (Wildman–Crippen MR) is 145 cm³/mol. The maximum absolute atomic E-state index is 13.9. The Labute approximate surface area is 219 Å². The molecule has 2 atom stereocenters. The highest BCUT2D eigenvalue weighted by Gasteiger charge is 2.40. The van der Waals surface area contributed by atoms with E-state index < -0.39 is 12.1 Å². The third-order valence-corrected chi connectivity index (χ3v) is 7.88. The van der Waals surface area contributed by atoms with Gasteiger partial charge < -0.3 is 25.8 Å². The number of nitrogen functional groups attached to an aromatic ring is 1. The van der Waals surface area contributed by atoms with E-state index in [4.69, 9.17) is 5.73 Å². The van der Waals surface area contributed by atoms with Crippen molar-refractivity contribution in [3.05, 3.63) is 36.0 Å². The topological polar surface area (TPSA) is 112 Å². The first kappa shape index (κ1) is 26.7. The van der Waals surface area contributed by atoms with Gasteiger partial charge in [-0.25, -0.2) is 9.78 Å². The van der Waals surface area contributed by atoms with Gasteiger partial charge in [-0.05, 0) is 48.3 Å². The molecule has 37 heavy (non-hydrogen) atoms. The van der Waals surface area contributed by atoms with Crippen LogP contribution in [-0.2, 0) is 16.1 Å². The van der Waals surface area contributed by atoms with Crippen LogP contribution in [0.3, 0.4) is 0 Å². The lowest BCUT2D eigenvalue weighted by Gasteiger charge is -2.36. The Morgan fingerprint density at radius 3 is 2.57 bits per heavy atom. The number of urea groups is 1. The van der Waals surface area contributed by atoms with Crippen LogP contribution in [0.25, 0.3) is 10.8 Å². The highest BCUT2D eigenvalue weighted by atomic mass is 16.2. The average Bonchev–Trinajstić information content (AvgIpc) is 3.40. The Morgan fingerprint density at radius 2 is 1.84 bits per heavy atom. The first-order chi connectivity index (χ1) is 17.8. The molecular formula is C28H40N6O3. The molecule has 2 aromatic rings. The second-order valence-corrected chi connectivity index (χ2v) is 10.7. The van der Waals surface area contributed by atoms with Crippen molar-refractivity contribution < 1.29 is 14.4 Å². The van der Waals surface area contributed by atoms with Gasteiger partial charge in [0, 0.05) is 45.8 Å². The highest BCUT2D eigenvalue weighted by molar-refractivity contribution is 5.93. The monoisotopic (exact) mass is 508 g/mol. The van der Waals surface area contributed by atoms with E-state index in [1.165, 1.54) is 24.2 Å². The van der Waals surface area contributed by atoms with Crippen molar-refractivity contribution in [1.82, 2.24) is 25.0 Å². The van der Waals surface area contributed by atoms with Crippen molar-refractivity contribution in [3.8, 4) is 0 Å². The van der Waals surface area contributed by atoms with E-state index in [0.29, 0.717) is 37.7 Å². The summed E-state index contributed by atoms with van der Waals surface area (Å²) in [5.41, 5.74) is 6.90. The normalized spacial score (nSPS) is 19.0. The minimum Gasteiger partial charge on any atom is -0.383 e. The summed E-state index contributed by atoms with van der Waals surface area (Å²) in [6.45, 7) is 0.893. The van der Waals surface area contributed by atoms with Gasteiger partial charge in [0.15, 0.2) is 0 Å². The SMILES string of the molecule is CN(C)C(=O)N(C)C(CC1CCCCC1)C(=O)N1CCCC1C(=O)NCc1ccc2c(N)nccc2c1. The van der Waals surface area contributed by atoms with E-state index in [1.54, 1.807) is 37.1 Å². The van der Waals surface area contributed by atoms with Crippen LogP contribution in [0.1, 0.15) is 56.9 Å². The molecule has 9 heteroatoms. The number of likely N-dealkylation sites (N-methyl/N-ethyl adjacent to an activating group) is 1. The van der Waals surface area contributed by atoms with Crippen LogP contribution in [0.15, 0.2) is 30.5 Å². The number of hydrogen-bond acceptors (Lipinski definition) is 5. The van der Waals surface area contributed by atoms with Crippen LogP contribution in [0.2, 0.25) is 0 Å². The number of rotatable bonds is 7. The number of likely N-dealkylation sites (tertiary alicyclic amines) is 1. The van der Waals surface area contributed by atoms with E-state index in [0.717, 1.165) is 35.6 Å². The van der Waals surface area contributed by atoms with Crippen molar-refractivity contribution in [2.45, 2.75) is 70.0 Å². The molecule has 2 aliphatic rings. The molecule has 2 unspecified atom stereocenters. The van der Waals surface area contributed by atoms with Gasteiger partial charge in [-0.1, -0.05) is 44.2 Å². The Bertz CT molecular complexity index is 1130. The summed E-state index contributed by atoms with van der Waals surface area (Å²) in [5.74, 6) is 0.633. The smallest absolute Gasteiger partial charge is 0.319 e. The van der Waals surface area contributed by atoms with Crippen molar-refractivity contribution in [2.75, 3.05) is 33.4 Å². The van der Waals surface area contributed by atoms with Crippen molar-refractivity contribution in [1.29, 1.82) is 0 Å². The maximum atomic E-state index is 13.9. The van der Waals surface area contributed by atoms with E-state index in [1.807, 2.05) is 24.3 Å². The van der Waals surface area contributed by atoms with E-state index >= 15 is 0 Å². The molecule has 200 valence electrons. The number of amides is 4. The molecule has 1 saturated heterocycles. The largest absolute Gasteiger partial charge is 0.383 e. The van der Waals surface area contributed by atoms with Crippen LogP contribution < -0.4 is 11.1 Å². The highest BCUT2D eigenvalue weighted by Crippen LogP contribution is 2.30. The van der Waals surface area contributed by atoms with Gasteiger partial charge in [-0.3, -0.25) is 9.59 Å². The molecule has 4 rings (SSSR count). The van der Waals surface area contributed by atoms with Gasteiger partial charge in [-0.15, -0.1) is 0 Å². The lowest BCUT2D eigenvalue weighted by Crippen LogP contribution is -2.55. The van der Waals surface area contributed by atoms with Crippen molar-refractivity contribution >= 4 is 34.4 Å². The molecule has 9 nitrogen and oxygen atoms in total. The molecule has 0 bridgehead atoms. The minimum absolute atomic E-state index is 0.116. The lowest BCUT2D eigenvalue weighted by atomic mass is 9.84. The van der Waals surface area contributed by atoms with Gasteiger partial charge in [0.2, 0.25) is 11.8 Å². The van der Waals surface area contributed by atoms with Gasteiger partial charge in [-0.2, -0.15) is 0 Å². The summed E-state index contributed by atoms with van der Waals surface area (Å²) in [6.07, 6.45) is 9.46. The number of carbonyl (C=O) groups excluding carboxylic acids is 3. The number of aromatic nitrogens is 1. The van der Waals surface area contributed by atoms with Crippen LogP contribution in [0, 0.1) is 5.92 Å². The zero-order valence-corrected chi connectivity index (χ0v) is 22.3. The molecule has 0 spiro atoms. The zero-order valence-electron chi connectivity index (χ0n) is 22.3. The van der Waals surface area contributed by atoms with Crippen molar-refractivity contribution in [3.63, 3.8) is 0 Å². The molecule has 4 amide bonds. The summed E-state index contributed by atoms with van der Waals surface area (Å²) >= 11 is 0. The fourth-order valence-corrected chi connectivity index (χ4v) is 5.77. The summed E-state index contributed by atoms with van der Waals surface area (Å²) in [4.78, 5) is 48.8. The molecule has 0 radical (unpaired) electrons. The quantitative estimate of drug-likeness (QED) is 0.596. The van der Waals surface area contributed by atoms with Gasteiger partial charge in [0.25, 0.3) is 0 Å². The number of hydrogen-bond donors (Lipinski definition) is 2.